The van der Waals surface area contributed by atoms with E-state index < -0.39 is 11.8 Å². The number of hydrogen-bond acceptors (Lipinski definition) is 3. The highest BCUT2D eigenvalue weighted by Crippen LogP contribution is 2.40. The first-order valence-corrected chi connectivity index (χ1v) is 11.8. The van der Waals surface area contributed by atoms with E-state index >= 15 is 4.39 Å². The second-order valence-corrected chi connectivity index (χ2v) is 9.26. The van der Waals surface area contributed by atoms with Crippen molar-refractivity contribution >= 4 is 27.5 Å². The third-order valence-electron chi connectivity index (χ3n) is 6.10. The molecule has 4 nitrogen and oxygen atoms in total. The standard InChI is InChI=1S/C25H26BrF2NO3/c26-21-6-1-4-16-14-17(25(30)31)8-9-19(16)23(21)20-5-2-7-22(24(20)28)32-18-10-13-29(15-18)12-3-11-27/h2,5,7-9,14,18H,1,3-4,6,10-13,15H2,(H,30,31). The van der Waals surface area contributed by atoms with Crippen molar-refractivity contribution in [1.29, 1.82) is 0 Å². The van der Waals surface area contributed by atoms with Crippen LogP contribution in [0.25, 0.3) is 5.57 Å². The molecule has 1 unspecified atom stereocenters. The summed E-state index contributed by atoms with van der Waals surface area (Å²) in [5, 5.41) is 9.35. The Balaban J connectivity index is 1.64. The molecule has 0 spiro atoms. The fourth-order valence-electron chi connectivity index (χ4n) is 4.53. The summed E-state index contributed by atoms with van der Waals surface area (Å²) >= 11 is 3.66. The molecule has 1 aliphatic heterocycles. The first-order chi connectivity index (χ1) is 15.5. The van der Waals surface area contributed by atoms with Crippen LogP contribution < -0.4 is 4.74 Å². The molecule has 1 saturated heterocycles. The van der Waals surface area contributed by atoms with Gasteiger partial charge in [0, 0.05) is 35.3 Å². The van der Waals surface area contributed by atoms with Gasteiger partial charge in [-0.25, -0.2) is 9.18 Å². The number of hydrogen-bond donors (Lipinski definition) is 1. The first-order valence-electron chi connectivity index (χ1n) is 11.0. The number of alkyl halides is 1. The van der Waals surface area contributed by atoms with Crippen molar-refractivity contribution in [3.8, 4) is 5.75 Å². The molecule has 170 valence electrons. The molecule has 4 rings (SSSR count). The minimum atomic E-state index is -0.972. The van der Waals surface area contributed by atoms with E-state index in [1.54, 1.807) is 36.4 Å². The quantitative estimate of drug-likeness (QED) is 0.514. The lowest BCUT2D eigenvalue weighted by Crippen LogP contribution is -2.26. The van der Waals surface area contributed by atoms with Crippen LogP contribution in [0.2, 0.25) is 0 Å². The highest BCUT2D eigenvalue weighted by atomic mass is 79.9. The van der Waals surface area contributed by atoms with Crippen LogP contribution in [-0.4, -0.2) is 48.4 Å². The van der Waals surface area contributed by atoms with Crippen molar-refractivity contribution in [2.75, 3.05) is 26.3 Å². The Labute approximate surface area is 195 Å². The molecule has 1 fully saturated rings. The zero-order valence-corrected chi connectivity index (χ0v) is 19.3. The van der Waals surface area contributed by atoms with Crippen molar-refractivity contribution in [2.24, 2.45) is 0 Å². The Morgan fingerprint density at radius 2 is 2.06 bits per heavy atom. The number of carbonyl (C=O) groups is 1. The number of carboxylic acids is 1. The van der Waals surface area contributed by atoms with Gasteiger partial charge in [-0.2, -0.15) is 0 Å². The van der Waals surface area contributed by atoms with Gasteiger partial charge in [-0.1, -0.05) is 34.1 Å². The smallest absolute Gasteiger partial charge is 0.335 e. The summed E-state index contributed by atoms with van der Waals surface area (Å²) < 4.78 is 35.1. The van der Waals surface area contributed by atoms with Gasteiger partial charge in [0.25, 0.3) is 0 Å². The van der Waals surface area contributed by atoms with Crippen molar-refractivity contribution in [2.45, 2.75) is 38.2 Å². The molecule has 0 radical (unpaired) electrons. The highest BCUT2D eigenvalue weighted by molar-refractivity contribution is 9.11. The minimum absolute atomic E-state index is 0.128. The Kier molecular flexibility index (Phi) is 7.26. The number of aryl methyl sites for hydroxylation is 1. The zero-order chi connectivity index (χ0) is 22.7. The van der Waals surface area contributed by atoms with E-state index in [0.29, 0.717) is 25.1 Å². The number of halogens is 3. The fourth-order valence-corrected chi connectivity index (χ4v) is 5.24. The first kappa shape index (κ1) is 22.9. The lowest BCUT2D eigenvalue weighted by molar-refractivity contribution is 0.0696. The molecule has 32 heavy (non-hydrogen) atoms. The number of benzene rings is 2. The van der Waals surface area contributed by atoms with Crippen LogP contribution in [0.4, 0.5) is 8.78 Å². The Morgan fingerprint density at radius 1 is 1.22 bits per heavy atom. The Hall–Kier alpha value is -2.25. The van der Waals surface area contributed by atoms with Crippen molar-refractivity contribution in [3.63, 3.8) is 0 Å². The van der Waals surface area contributed by atoms with Gasteiger partial charge in [0.2, 0.25) is 0 Å². The molecule has 0 aromatic heterocycles. The number of rotatable bonds is 7. The Bertz CT molecular complexity index is 1040. The Morgan fingerprint density at radius 3 is 2.84 bits per heavy atom. The average molecular weight is 506 g/mol. The van der Waals surface area contributed by atoms with Crippen LogP contribution in [0.15, 0.2) is 40.9 Å². The molecule has 1 atom stereocenters. The number of aromatic carboxylic acids is 1. The van der Waals surface area contributed by atoms with Gasteiger partial charge in [-0.05, 0) is 61.4 Å². The monoisotopic (exact) mass is 505 g/mol. The fraction of sp³-hybridized carbons (Fsp3) is 0.400. The normalized spacial score (nSPS) is 19.0. The summed E-state index contributed by atoms with van der Waals surface area (Å²) in [4.78, 5) is 13.6. The summed E-state index contributed by atoms with van der Waals surface area (Å²) in [6.07, 6.45) is 3.46. The summed E-state index contributed by atoms with van der Waals surface area (Å²) in [5.41, 5.74) is 3.16. The molecular weight excluding hydrogens is 480 g/mol. The van der Waals surface area contributed by atoms with Crippen molar-refractivity contribution < 1.29 is 23.4 Å². The maximum atomic E-state index is 15.7. The van der Waals surface area contributed by atoms with Gasteiger partial charge in [-0.15, -0.1) is 0 Å². The van der Waals surface area contributed by atoms with Crippen LogP contribution in [0.5, 0.6) is 5.75 Å². The topological polar surface area (TPSA) is 49.8 Å². The van der Waals surface area contributed by atoms with Gasteiger partial charge in [0.05, 0.1) is 12.2 Å². The summed E-state index contributed by atoms with van der Waals surface area (Å²) in [5.74, 6) is -1.18. The molecular formula is C25H26BrF2NO3. The minimum Gasteiger partial charge on any atom is -0.486 e. The van der Waals surface area contributed by atoms with E-state index in [1.807, 2.05) is 0 Å². The molecule has 2 aromatic carbocycles. The van der Waals surface area contributed by atoms with Crippen LogP contribution >= 0.6 is 15.9 Å². The molecule has 1 heterocycles. The third kappa shape index (κ3) is 4.89. The van der Waals surface area contributed by atoms with E-state index in [9.17, 15) is 14.3 Å². The van der Waals surface area contributed by atoms with E-state index in [0.717, 1.165) is 53.4 Å². The van der Waals surface area contributed by atoms with Crippen LogP contribution in [0.3, 0.4) is 0 Å². The van der Waals surface area contributed by atoms with Gasteiger partial charge < -0.3 is 9.84 Å². The highest BCUT2D eigenvalue weighted by Gasteiger charge is 2.27. The van der Waals surface area contributed by atoms with Crippen LogP contribution in [-0.2, 0) is 6.42 Å². The number of fused-ring (bicyclic) bond motifs is 1. The zero-order valence-electron chi connectivity index (χ0n) is 17.8. The molecule has 0 amide bonds. The van der Waals surface area contributed by atoms with Crippen LogP contribution in [0, 0.1) is 5.82 Å². The van der Waals surface area contributed by atoms with E-state index in [-0.39, 0.29) is 24.1 Å². The predicted octanol–water partition coefficient (Wildman–Crippen LogP) is 5.83. The SMILES string of the molecule is O=C(O)c1ccc2c(c1)CCCC(Br)=C2c1cccc(OC2CCN(CCCF)C2)c1F. The van der Waals surface area contributed by atoms with Gasteiger partial charge in [0.15, 0.2) is 11.6 Å². The average Bonchev–Trinajstić information content (AvgIpc) is 3.15. The summed E-state index contributed by atoms with van der Waals surface area (Å²) in [6.45, 7) is 1.84. The molecule has 7 heteroatoms. The molecule has 2 aliphatic rings. The maximum absolute atomic E-state index is 15.7. The number of likely N-dealkylation sites (tertiary alicyclic amines) is 1. The van der Waals surface area contributed by atoms with Crippen molar-refractivity contribution in [3.05, 3.63) is 69.0 Å². The second-order valence-electron chi connectivity index (χ2n) is 8.30. The molecule has 2 aromatic rings. The van der Waals surface area contributed by atoms with E-state index in [1.165, 1.54) is 0 Å². The second kappa shape index (κ2) is 10.1. The molecule has 1 N–H and O–H groups in total. The van der Waals surface area contributed by atoms with E-state index in [2.05, 4.69) is 20.8 Å². The van der Waals surface area contributed by atoms with Crippen LogP contribution in [0.1, 0.15) is 52.7 Å². The third-order valence-corrected chi connectivity index (χ3v) is 6.89. The van der Waals surface area contributed by atoms with E-state index in [4.69, 9.17) is 4.74 Å². The summed E-state index contributed by atoms with van der Waals surface area (Å²) in [6, 6.07) is 10.2. The molecule has 0 bridgehead atoms. The largest absolute Gasteiger partial charge is 0.486 e. The summed E-state index contributed by atoms with van der Waals surface area (Å²) in [7, 11) is 0. The van der Waals surface area contributed by atoms with Gasteiger partial charge in [0.1, 0.15) is 6.10 Å². The van der Waals surface area contributed by atoms with Gasteiger partial charge >= 0.3 is 5.97 Å². The number of nitrogens with zero attached hydrogens (tertiary/aromatic N) is 1. The molecule has 1 aliphatic carbocycles. The number of ether oxygens (including phenoxy) is 1. The van der Waals surface area contributed by atoms with Gasteiger partial charge in [-0.3, -0.25) is 9.29 Å². The molecule has 0 saturated carbocycles. The lowest BCUT2D eigenvalue weighted by atomic mass is 9.92. The maximum Gasteiger partial charge on any atom is 0.335 e. The predicted molar refractivity (Wildman–Crippen MR) is 124 cm³/mol. The lowest BCUT2D eigenvalue weighted by Gasteiger charge is -2.19. The number of carboxylic acid groups (broad SMARTS) is 1. The van der Waals surface area contributed by atoms with Crippen molar-refractivity contribution in [1.82, 2.24) is 4.90 Å². The number of allylic oxidation sites excluding steroid dienone is 1.